The Balaban J connectivity index is 2.55. The fourth-order valence-corrected chi connectivity index (χ4v) is 0.791. The summed E-state index contributed by atoms with van der Waals surface area (Å²) in [7, 11) is 0. The molecular formula is C8H8F2N4O. The molecule has 7 heteroatoms. The Hall–Kier alpha value is -1.81. The lowest BCUT2D eigenvalue weighted by Gasteiger charge is -2.09. The molecule has 0 saturated carbocycles. The third-order valence-electron chi connectivity index (χ3n) is 1.53. The van der Waals surface area contributed by atoms with Crippen molar-refractivity contribution in [1.29, 1.82) is 5.26 Å². The Kier molecular flexibility index (Phi) is 3.88. The van der Waals surface area contributed by atoms with Crippen LogP contribution in [-0.2, 0) is 0 Å². The SMILES string of the molecule is N#Cc1ccnc(NCC(O)C(F)F)n1. The van der Waals surface area contributed by atoms with E-state index in [0.717, 1.165) is 0 Å². The summed E-state index contributed by atoms with van der Waals surface area (Å²) in [6, 6.07) is 3.16. The molecule has 2 N–H and O–H groups in total. The van der Waals surface area contributed by atoms with Crippen molar-refractivity contribution in [2.75, 3.05) is 11.9 Å². The van der Waals surface area contributed by atoms with E-state index < -0.39 is 12.5 Å². The quantitative estimate of drug-likeness (QED) is 0.757. The van der Waals surface area contributed by atoms with Gasteiger partial charge in [0, 0.05) is 12.7 Å². The van der Waals surface area contributed by atoms with Crippen LogP contribution in [0.25, 0.3) is 0 Å². The fourth-order valence-electron chi connectivity index (χ4n) is 0.791. The van der Waals surface area contributed by atoms with Gasteiger partial charge in [0.2, 0.25) is 5.95 Å². The zero-order valence-electron chi connectivity index (χ0n) is 7.56. The van der Waals surface area contributed by atoms with Gasteiger partial charge in [-0.05, 0) is 6.07 Å². The number of nitrogens with zero attached hydrogens (tertiary/aromatic N) is 3. The maximum atomic E-state index is 11.9. The Morgan fingerprint density at radius 2 is 2.33 bits per heavy atom. The molecule has 1 heterocycles. The first kappa shape index (κ1) is 11.3. The summed E-state index contributed by atoms with van der Waals surface area (Å²) in [4.78, 5) is 7.37. The molecule has 1 unspecified atom stereocenters. The number of nitriles is 1. The van der Waals surface area contributed by atoms with E-state index >= 15 is 0 Å². The third-order valence-corrected chi connectivity index (χ3v) is 1.53. The number of aromatic nitrogens is 2. The smallest absolute Gasteiger partial charge is 0.265 e. The van der Waals surface area contributed by atoms with E-state index in [-0.39, 0.29) is 18.2 Å². The van der Waals surface area contributed by atoms with Gasteiger partial charge in [0.25, 0.3) is 6.43 Å². The molecule has 0 saturated heterocycles. The molecule has 0 bridgehead atoms. The van der Waals surface area contributed by atoms with Gasteiger partial charge in [0.1, 0.15) is 17.9 Å². The Labute approximate surface area is 84.4 Å². The maximum absolute atomic E-state index is 11.9. The fraction of sp³-hybridized carbons (Fsp3) is 0.375. The van der Waals surface area contributed by atoms with Gasteiger partial charge in [0.15, 0.2) is 0 Å². The summed E-state index contributed by atoms with van der Waals surface area (Å²) in [5.41, 5.74) is 0.124. The van der Waals surface area contributed by atoms with Crippen LogP contribution in [-0.4, -0.2) is 34.1 Å². The number of alkyl halides is 2. The highest BCUT2D eigenvalue weighted by Gasteiger charge is 2.16. The predicted octanol–water partition coefficient (Wildman–Crippen LogP) is 0.386. The number of halogens is 2. The van der Waals surface area contributed by atoms with Crippen molar-refractivity contribution in [3.63, 3.8) is 0 Å². The number of hydrogen-bond acceptors (Lipinski definition) is 5. The largest absolute Gasteiger partial charge is 0.385 e. The lowest BCUT2D eigenvalue weighted by molar-refractivity contribution is 0.00376. The molecule has 1 rings (SSSR count). The highest BCUT2D eigenvalue weighted by atomic mass is 19.3. The average Bonchev–Trinajstić information content (AvgIpc) is 2.26. The number of anilines is 1. The number of nitrogens with one attached hydrogen (secondary N) is 1. The lowest BCUT2D eigenvalue weighted by atomic mass is 10.4. The van der Waals surface area contributed by atoms with Crippen molar-refractivity contribution in [3.05, 3.63) is 18.0 Å². The number of aliphatic hydroxyl groups is 1. The molecule has 80 valence electrons. The second-order valence-electron chi connectivity index (χ2n) is 2.66. The van der Waals surface area contributed by atoms with Gasteiger partial charge in [-0.2, -0.15) is 5.26 Å². The maximum Gasteiger partial charge on any atom is 0.265 e. The van der Waals surface area contributed by atoms with Crippen molar-refractivity contribution in [2.45, 2.75) is 12.5 Å². The molecule has 0 aliphatic carbocycles. The Morgan fingerprint density at radius 1 is 1.60 bits per heavy atom. The average molecular weight is 214 g/mol. The van der Waals surface area contributed by atoms with E-state index in [4.69, 9.17) is 10.4 Å². The summed E-state index contributed by atoms with van der Waals surface area (Å²) in [5, 5.41) is 19.7. The molecule has 1 atom stereocenters. The van der Waals surface area contributed by atoms with Crippen LogP contribution in [0, 0.1) is 11.3 Å². The summed E-state index contributed by atoms with van der Waals surface area (Å²) in [6.07, 6.45) is -3.28. The van der Waals surface area contributed by atoms with Crippen molar-refractivity contribution in [1.82, 2.24) is 9.97 Å². The van der Waals surface area contributed by atoms with Gasteiger partial charge in [-0.1, -0.05) is 0 Å². The second-order valence-corrected chi connectivity index (χ2v) is 2.66. The van der Waals surface area contributed by atoms with Crippen LogP contribution >= 0.6 is 0 Å². The minimum atomic E-state index is -2.82. The van der Waals surface area contributed by atoms with Gasteiger partial charge >= 0.3 is 0 Å². The zero-order valence-corrected chi connectivity index (χ0v) is 7.56. The van der Waals surface area contributed by atoms with E-state index in [0.29, 0.717) is 0 Å². The molecule has 0 radical (unpaired) electrons. The molecular weight excluding hydrogens is 206 g/mol. The van der Waals surface area contributed by atoms with Crippen LogP contribution in [0.4, 0.5) is 14.7 Å². The van der Waals surface area contributed by atoms with Crippen LogP contribution in [0.15, 0.2) is 12.3 Å². The van der Waals surface area contributed by atoms with Crippen LogP contribution < -0.4 is 5.32 Å². The minimum Gasteiger partial charge on any atom is -0.385 e. The van der Waals surface area contributed by atoms with E-state index in [1.807, 2.05) is 0 Å². The van der Waals surface area contributed by atoms with Crippen LogP contribution in [0.5, 0.6) is 0 Å². The molecule has 1 aromatic heterocycles. The molecule has 0 aromatic carbocycles. The predicted molar refractivity (Wildman–Crippen MR) is 47.2 cm³/mol. The monoisotopic (exact) mass is 214 g/mol. The van der Waals surface area contributed by atoms with Gasteiger partial charge in [-0.3, -0.25) is 0 Å². The molecule has 1 aromatic rings. The summed E-state index contributed by atoms with van der Waals surface area (Å²) in [5.74, 6) is 0.0359. The van der Waals surface area contributed by atoms with Gasteiger partial charge in [-0.25, -0.2) is 18.7 Å². The van der Waals surface area contributed by atoms with Gasteiger partial charge in [-0.15, -0.1) is 0 Å². The van der Waals surface area contributed by atoms with Crippen LogP contribution in [0.1, 0.15) is 5.69 Å². The van der Waals surface area contributed by atoms with Crippen LogP contribution in [0.2, 0.25) is 0 Å². The first-order chi connectivity index (χ1) is 7.13. The van der Waals surface area contributed by atoms with E-state index in [1.54, 1.807) is 6.07 Å². The second kappa shape index (κ2) is 5.17. The van der Waals surface area contributed by atoms with E-state index in [2.05, 4.69) is 15.3 Å². The number of hydrogen-bond donors (Lipinski definition) is 2. The van der Waals surface area contributed by atoms with Crippen molar-refractivity contribution < 1.29 is 13.9 Å². The third kappa shape index (κ3) is 3.44. The van der Waals surface area contributed by atoms with E-state index in [1.165, 1.54) is 12.3 Å². The summed E-state index contributed by atoms with van der Waals surface area (Å²) in [6.45, 7) is -0.369. The topological polar surface area (TPSA) is 81.8 Å². The zero-order chi connectivity index (χ0) is 11.3. The molecule has 0 fully saturated rings. The van der Waals surface area contributed by atoms with Gasteiger partial charge in [0.05, 0.1) is 0 Å². The minimum absolute atomic E-state index is 0.0359. The standard InChI is InChI=1S/C8H8F2N4O/c9-7(10)6(15)4-13-8-12-2-1-5(3-11)14-8/h1-2,6-7,15H,4H2,(H,12,13,14). The van der Waals surface area contributed by atoms with Gasteiger partial charge < -0.3 is 10.4 Å². The molecule has 0 spiro atoms. The number of rotatable bonds is 4. The van der Waals surface area contributed by atoms with Crippen LogP contribution in [0.3, 0.4) is 0 Å². The Morgan fingerprint density at radius 3 is 2.93 bits per heavy atom. The Bertz CT molecular complexity index is 366. The molecule has 15 heavy (non-hydrogen) atoms. The normalized spacial score (nSPS) is 12.2. The highest BCUT2D eigenvalue weighted by Crippen LogP contribution is 2.03. The van der Waals surface area contributed by atoms with E-state index in [9.17, 15) is 8.78 Å². The lowest BCUT2D eigenvalue weighted by Crippen LogP contribution is -2.27. The van der Waals surface area contributed by atoms with Crippen molar-refractivity contribution >= 4 is 5.95 Å². The number of aliphatic hydroxyl groups excluding tert-OH is 1. The first-order valence-corrected chi connectivity index (χ1v) is 4.06. The molecule has 0 aliphatic rings. The molecule has 0 aliphatic heterocycles. The summed E-state index contributed by atoms with van der Waals surface area (Å²) >= 11 is 0. The first-order valence-electron chi connectivity index (χ1n) is 4.06. The van der Waals surface area contributed by atoms with Crippen molar-refractivity contribution in [3.8, 4) is 6.07 Å². The highest BCUT2D eigenvalue weighted by molar-refractivity contribution is 5.29. The molecule has 0 amide bonds. The van der Waals surface area contributed by atoms with Crippen molar-refractivity contribution in [2.24, 2.45) is 0 Å². The molecule has 5 nitrogen and oxygen atoms in total. The summed E-state index contributed by atoms with van der Waals surface area (Å²) < 4.78 is 23.8.